The van der Waals surface area contributed by atoms with Crippen LogP contribution in [0.1, 0.15) is 52.9 Å². The summed E-state index contributed by atoms with van der Waals surface area (Å²) in [4.78, 5) is 25.3. The summed E-state index contributed by atoms with van der Waals surface area (Å²) < 4.78 is 8.98. The van der Waals surface area contributed by atoms with Gasteiger partial charge in [-0.05, 0) is 49.9 Å². The number of amides is 2. The molecule has 2 amide bonds. The summed E-state index contributed by atoms with van der Waals surface area (Å²) in [5, 5.41) is 14.2. The van der Waals surface area contributed by atoms with E-state index in [9.17, 15) is 9.59 Å². The zero-order valence-electron chi connectivity index (χ0n) is 19.2. The average Bonchev–Trinajstić information content (AvgIpc) is 3.39. The van der Waals surface area contributed by atoms with Crippen LogP contribution in [-0.4, -0.2) is 37.9 Å². The van der Waals surface area contributed by atoms with Gasteiger partial charge in [-0.3, -0.25) is 14.3 Å². The number of carbonyl (C=O) groups is 2. The molecule has 170 valence electrons. The second-order valence-electron chi connectivity index (χ2n) is 8.09. The van der Waals surface area contributed by atoms with E-state index >= 15 is 0 Å². The third-order valence-electron chi connectivity index (χ3n) is 4.79. The van der Waals surface area contributed by atoms with Crippen molar-refractivity contribution in [2.24, 2.45) is 5.92 Å². The van der Waals surface area contributed by atoms with Gasteiger partial charge in [-0.15, -0.1) is 0 Å². The number of aryl methyl sites for hydroxylation is 3. The van der Waals surface area contributed by atoms with Crippen LogP contribution in [0, 0.1) is 19.8 Å². The molecule has 2 heterocycles. The Morgan fingerprint density at radius 3 is 2.59 bits per heavy atom. The number of ether oxygens (including phenoxy) is 1. The molecule has 0 bridgehead atoms. The molecule has 0 saturated heterocycles. The lowest BCUT2D eigenvalue weighted by Crippen LogP contribution is -2.28. The highest BCUT2D eigenvalue weighted by molar-refractivity contribution is 6.07. The summed E-state index contributed by atoms with van der Waals surface area (Å²) in [6, 6.07) is 7.59. The normalized spacial score (nSPS) is 10.9. The van der Waals surface area contributed by atoms with Gasteiger partial charge in [0.25, 0.3) is 11.8 Å². The third kappa shape index (κ3) is 5.75. The van der Waals surface area contributed by atoms with Crippen LogP contribution < -0.4 is 15.4 Å². The zero-order valence-corrected chi connectivity index (χ0v) is 19.2. The molecule has 0 radical (unpaired) electrons. The summed E-state index contributed by atoms with van der Waals surface area (Å²) in [7, 11) is 0. The van der Waals surface area contributed by atoms with Crippen molar-refractivity contribution < 1.29 is 14.3 Å². The molecule has 0 aliphatic heterocycles. The summed E-state index contributed by atoms with van der Waals surface area (Å²) in [5.74, 6) is 0.327. The van der Waals surface area contributed by atoms with Crippen LogP contribution in [0.4, 0.5) is 5.69 Å². The first-order valence-corrected chi connectivity index (χ1v) is 10.7. The molecule has 2 N–H and O–H groups in total. The Hall–Kier alpha value is -3.62. The van der Waals surface area contributed by atoms with E-state index in [0.717, 1.165) is 16.9 Å². The summed E-state index contributed by atoms with van der Waals surface area (Å²) >= 11 is 0. The Bertz CT molecular complexity index is 1100. The lowest BCUT2D eigenvalue weighted by atomic mass is 10.1. The van der Waals surface area contributed by atoms with Crippen LogP contribution in [0.3, 0.4) is 0 Å². The standard InChI is InChI=1S/C23H30N6O3/c1-6-28-13-19(21(27-28)23(31)24-12-15(2)3)25-22(30)18-9-10-29(26-18)14-32-20-11-16(4)7-8-17(20)5/h7-11,13,15H,6,12,14H2,1-5H3,(H,24,31)(H,25,30). The largest absolute Gasteiger partial charge is 0.471 e. The average molecular weight is 439 g/mol. The fraction of sp³-hybridized carbons (Fsp3) is 0.391. The molecule has 9 heteroatoms. The number of hydrogen-bond donors (Lipinski definition) is 2. The van der Waals surface area contributed by atoms with Crippen molar-refractivity contribution >= 4 is 17.5 Å². The van der Waals surface area contributed by atoms with Crippen molar-refractivity contribution in [2.45, 2.75) is 47.9 Å². The molecule has 0 saturated carbocycles. The molecule has 0 fully saturated rings. The molecule has 3 rings (SSSR count). The van der Waals surface area contributed by atoms with E-state index in [2.05, 4.69) is 20.8 Å². The second-order valence-corrected chi connectivity index (χ2v) is 8.09. The van der Waals surface area contributed by atoms with E-state index in [1.165, 1.54) is 0 Å². The number of nitrogens with zero attached hydrogens (tertiary/aromatic N) is 4. The highest BCUT2D eigenvalue weighted by atomic mass is 16.5. The number of anilines is 1. The van der Waals surface area contributed by atoms with Crippen molar-refractivity contribution in [3.05, 3.63) is 59.2 Å². The zero-order chi connectivity index (χ0) is 23.3. The lowest BCUT2D eigenvalue weighted by Gasteiger charge is -2.10. The molecule has 0 spiro atoms. The maximum atomic E-state index is 12.7. The van der Waals surface area contributed by atoms with Gasteiger partial charge in [0.15, 0.2) is 18.1 Å². The van der Waals surface area contributed by atoms with Crippen molar-refractivity contribution in [2.75, 3.05) is 11.9 Å². The maximum absolute atomic E-state index is 12.7. The Morgan fingerprint density at radius 1 is 1.09 bits per heavy atom. The van der Waals surface area contributed by atoms with Gasteiger partial charge in [-0.25, -0.2) is 4.68 Å². The number of carbonyl (C=O) groups excluding carboxylic acids is 2. The molecular formula is C23H30N6O3. The van der Waals surface area contributed by atoms with Crippen LogP contribution in [-0.2, 0) is 13.3 Å². The van der Waals surface area contributed by atoms with Gasteiger partial charge >= 0.3 is 0 Å². The smallest absolute Gasteiger partial charge is 0.276 e. The van der Waals surface area contributed by atoms with Crippen LogP contribution in [0.2, 0.25) is 0 Å². The van der Waals surface area contributed by atoms with E-state index < -0.39 is 5.91 Å². The van der Waals surface area contributed by atoms with Crippen LogP contribution in [0.15, 0.2) is 36.7 Å². The maximum Gasteiger partial charge on any atom is 0.276 e. The molecule has 1 aromatic carbocycles. The molecule has 0 unspecified atom stereocenters. The quantitative estimate of drug-likeness (QED) is 0.533. The first-order chi connectivity index (χ1) is 15.3. The second kappa shape index (κ2) is 10.1. The SMILES string of the molecule is CCn1cc(NC(=O)c2ccn(COc3cc(C)ccc3C)n2)c(C(=O)NCC(C)C)n1. The predicted molar refractivity (Wildman–Crippen MR) is 122 cm³/mol. The van der Waals surface area contributed by atoms with Gasteiger partial charge in [0.05, 0.1) is 5.69 Å². The van der Waals surface area contributed by atoms with E-state index in [0.29, 0.717) is 24.7 Å². The van der Waals surface area contributed by atoms with Crippen molar-refractivity contribution in [3.8, 4) is 5.75 Å². The summed E-state index contributed by atoms with van der Waals surface area (Å²) in [6.45, 7) is 11.2. The van der Waals surface area contributed by atoms with Gasteiger partial charge in [0, 0.05) is 25.5 Å². The Kier molecular flexibility index (Phi) is 7.29. The fourth-order valence-electron chi connectivity index (χ4n) is 2.96. The van der Waals surface area contributed by atoms with Gasteiger partial charge < -0.3 is 15.4 Å². The number of nitrogens with one attached hydrogen (secondary N) is 2. The van der Waals surface area contributed by atoms with Crippen LogP contribution >= 0.6 is 0 Å². The van der Waals surface area contributed by atoms with Crippen LogP contribution in [0.5, 0.6) is 5.75 Å². The molecule has 32 heavy (non-hydrogen) atoms. The topological polar surface area (TPSA) is 103 Å². The molecule has 2 aromatic heterocycles. The monoisotopic (exact) mass is 438 g/mol. The Labute approximate surface area is 187 Å². The molecular weight excluding hydrogens is 408 g/mol. The van der Waals surface area contributed by atoms with Crippen molar-refractivity contribution in [1.29, 1.82) is 0 Å². The lowest BCUT2D eigenvalue weighted by molar-refractivity contribution is 0.0944. The van der Waals surface area contributed by atoms with E-state index in [-0.39, 0.29) is 24.0 Å². The fourth-order valence-corrected chi connectivity index (χ4v) is 2.96. The Morgan fingerprint density at radius 2 is 1.88 bits per heavy atom. The first kappa shape index (κ1) is 23.1. The van der Waals surface area contributed by atoms with Gasteiger partial charge in [-0.2, -0.15) is 10.2 Å². The molecule has 0 aliphatic carbocycles. The van der Waals surface area contributed by atoms with Gasteiger partial charge in [0.1, 0.15) is 5.75 Å². The molecule has 0 aliphatic rings. The van der Waals surface area contributed by atoms with Crippen molar-refractivity contribution in [3.63, 3.8) is 0 Å². The molecule has 9 nitrogen and oxygen atoms in total. The first-order valence-electron chi connectivity index (χ1n) is 10.7. The molecule has 0 atom stereocenters. The van der Waals surface area contributed by atoms with E-state index in [4.69, 9.17) is 4.74 Å². The number of hydrogen-bond acceptors (Lipinski definition) is 5. The Balaban J connectivity index is 1.67. The van der Waals surface area contributed by atoms with Gasteiger partial charge in [0.2, 0.25) is 0 Å². The summed E-state index contributed by atoms with van der Waals surface area (Å²) in [5.41, 5.74) is 2.87. The number of aromatic nitrogens is 4. The van der Waals surface area contributed by atoms with E-state index in [1.807, 2.05) is 52.8 Å². The highest BCUT2D eigenvalue weighted by Crippen LogP contribution is 2.19. The minimum absolute atomic E-state index is 0.175. The minimum atomic E-state index is -0.427. The predicted octanol–water partition coefficient (Wildman–Crippen LogP) is 3.39. The summed E-state index contributed by atoms with van der Waals surface area (Å²) in [6.07, 6.45) is 3.31. The third-order valence-corrected chi connectivity index (χ3v) is 4.79. The van der Waals surface area contributed by atoms with Gasteiger partial charge in [-0.1, -0.05) is 26.0 Å². The van der Waals surface area contributed by atoms with Crippen LogP contribution in [0.25, 0.3) is 0 Å². The van der Waals surface area contributed by atoms with Crippen molar-refractivity contribution in [1.82, 2.24) is 24.9 Å². The highest BCUT2D eigenvalue weighted by Gasteiger charge is 2.20. The number of benzene rings is 1. The number of rotatable bonds is 9. The van der Waals surface area contributed by atoms with E-state index in [1.54, 1.807) is 27.8 Å². The molecule has 3 aromatic rings. The minimum Gasteiger partial charge on any atom is -0.471 e.